The van der Waals surface area contributed by atoms with E-state index in [-0.39, 0.29) is 11.7 Å². The van der Waals surface area contributed by atoms with Crippen LogP contribution in [0.3, 0.4) is 0 Å². The number of halogens is 1. The number of hydrogen-bond acceptors (Lipinski definition) is 3. The van der Waals surface area contributed by atoms with Gasteiger partial charge in [-0.25, -0.2) is 0 Å². The summed E-state index contributed by atoms with van der Waals surface area (Å²) in [5.74, 6) is -0.0959. The minimum absolute atomic E-state index is 0.0424. The number of amidine groups is 1. The van der Waals surface area contributed by atoms with Crippen molar-refractivity contribution < 1.29 is 10.0 Å². The monoisotopic (exact) mass is 395 g/mol. The molecule has 6 heteroatoms. The van der Waals surface area contributed by atoms with Gasteiger partial charge in [-0.3, -0.25) is 4.79 Å². The number of oxime groups is 1. The summed E-state index contributed by atoms with van der Waals surface area (Å²) in [4.78, 5) is 12.0. The molecule has 0 saturated heterocycles. The van der Waals surface area contributed by atoms with Crippen molar-refractivity contribution in [3.63, 3.8) is 0 Å². The van der Waals surface area contributed by atoms with Gasteiger partial charge in [-0.2, -0.15) is 0 Å². The number of nitrogens with zero attached hydrogens (tertiary/aromatic N) is 1. The molecule has 2 rings (SSSR count). The van der Waals surface area contributed by atoms with Crippen molar-refractivity contribution in [1.29, 1.82) is 0 Å². The van der Waals surface area contributed by atoms with Crippen molar-refractivity contribution in [3.8, 4) is 0 Å². The van der Waals surface area contributed by atoms with Crippen molar-refractivity contribution in [2.45, 2.75) is 6.54 Å². The van der Waals surface area contributed by atoms with Crippen molar-refractivity contribution in [2.75, 3.05) is 0 Å². The van der Waals surface area contributed by atoms with E-state index in [1.807, 2.05) is 18.2 Å². The van der Waals surface area contributed by atoms with E-state index in [4.69, 9.17) is 10.9 Å². The molecule has 0 atom stereocenters. The SMILES string of the molecule is NC(=NO)c1cccc(CNC(=O)c2ccc(I)cc2)c1. The summed E-state index contributed by atoms with van der Waals surface area (Å²) in [7, 11) is 0. The zero-order valence-corrected chi connectivity index (χ0v) is 13.2. The largest absolute Gasteiger partial charge is 0.409 e. The molecular weight excluding hydrogens is 381 g/mol. The van der Waals surface area contributed by atoms with Crippen LogP contribution in [0.15, 0.2) is 53.7 Å². The average molecular weight is 395 g/mol. The molecule has 0 spiro atoms. The second kappa shape index (κ2) is 7.07. The van der Waals surface area contributed by atoms with Gasteiger partial charge in [0, 0.05) is 21.2 Å². The van der Waals surface area contributed by atoms with Crippen LogP contribution >= 0.6 is 22.6 Å². The molecule has 0 heterocycles. The Labute approximate surface area is 136 Å². The number of hydrogen-bond donors (Lipinski definition) is 3. The van der Waals surface area contributed by atoms with E-state index < -0.39 is 0 Å². The Morgan fingerprint density at radius 3 is 2.57 bits per heavy atom. The molecular formula is C15H14IN3O2. The lowest BCUT2D eigenvalue weighted by atomic mass is 10.1. The van der Waals surface area contributed by atoms with Gasteiger partial charge in [0.05, 0.1) is 0 Å². The Bertz CT molecular complexity index is 669. The summed E-state index contributed by atoms with van der Waals surface area (Å²) in [6, 6.07) is 14.5. The first-order chi connectivity index (χ1) is 10.1. The Kier molecular flexibility index (Phi) is 5.15. The number of carbonyl (C=O) groups is 1. The molecule has 21 heavy (non-hydrogen) atoms. The van der Waals surface area contributed by atoms with Gasteiger partial charge in [0.2, 0.25) is 0 Å². The molecule has 2 aromatic carbocycles. The van der Waals surface area contributed by atoms with Crippen LogP contribution in [0.25, 0.3) is 0 Å². The van der Waals surface area contributed by atoms with Crippen LogP contribution in [-0.2, 0) is 6.54 Å². The van der Waals surface area contributed by atoms with Crippen LogP contribution in [-0.4, -0.2) is 17.0 Å². The molecule has 0 aliphatic rings. The molecule has 1 amide bonds. The second-order valence-electron chi connectivity index (χ2n) is 4.38. The maximum Gasteiger partial charge on any atom is 0.251 e. The molecule has 0 aliphatic carbocycles. The van der Waals surface area contributed by atoms with Gasteiger partial charge in [-0.05, 0) is 58.5 Å². The Balaban J connectivity index is 2.03. The summed E-state index contributed by atoms with van der Waals surface area (Å²) in [5.41, 5.74) is 7.63. The first-order valence-corrected chi connectivity index (χ1v) is 7.28. The van der Waals surface area contributed by atoms with E-state index in [0.29, 0.717) is 17.7 Å². The molecule has 0 aliphatic heterocycles. The lowest BCUT2D eigenvalue weighted by Crippen LogP contribution is -2.23. The minimum atomic E-state index is -0.138. The predicted octanol–water partition coefficient (Wildman–Crippen LogP) is 2.32. The number of carbonyl (C=O) groups excluding carboxylic acids is 1. The van der Waals surface area contributed by atoms with Gasteiger partial charge in [0.1, 0.15) is 0 Å². The van der Waals surface area contributed by atoms with Gasteiger partial charge < -0.3 is 16.3 Å². The highest BCUT2D eigenvalue weighted by atomic mass is 127. The fraction of sp³-hybridized carbons (Fsp3) is 0.0667. The van der Waals surface area contributed by atoms with Gasteiger partial charge in [-0.15, -0.1) is 0 Å². The predicted molar refractivity (Wildman–Crippen MR) is 89.3 cm³/mol. The normalized spacial score (nSPS) is 11.2. The molecule has 0 bridgehead atoms. The third-order valence-corrected chi connectivity index (χ3v) is 3.61. The Morgan fingerprint density at radius 2 is 1.90 bits per heavy atom. The van der Waals surface area contributed by atoms with E-state index in [1.165, 1.54) is 0 Å². The molecule has 2 aromatic rings. The van der Waals surface area contributed by atoms with Crippen molar-refractivity contribution in [3.05, 3.63) is 68.8 Å². The first-order valence-electron chi connectivity index (χ1n) is 6.21. The van der Waals surface area contributed by atoms with E-state index in [0.717, 1.165) is 9.13 Å². The molecule has 0 radical (unpaired) electrons. The van der Waals surface area contributed by atoms with Crippen LogP contribution in [0.4, 0.5) is 0 Å². The van der Waals surface area contributed by atoms with Crippen LogP contribution < -0.4 is 11.1 Å². The Hall–Kier alpha value is -2.09. The fourth-order valence-corrected chi connectivity index (χ4v) is 2.14. The van der Waals surface area contributed by atoms with E-state index in [2.05, 4.69) is 33.1 Å². The van der Waals surface area contributed by atoms with Crippen molar-refractivity contribution in [2.24, 2.45) is 10.9 Å². The number of benzene rings is 2. The van der Waals surface area contributed by atoms with Crippen molar-refractivity contribution >= 4 is 34.3 Å². The van der Waals surface area contributed by atoms with Crippen LogP contribution in [0.2, 0.25) is 0 Å². The van der Waals surface area contributed by atoms with E-state index in [9.17, 15) is 4.79 Å². The average Bonchev–Trinajstić information content (AvgIpc) is 2.52. The Morgan fingerprint density at radius 1 is 1.19 bits per heavy atom. The summed E-state index contributed by atoms with van der Waals surface area (Å²) in [6.07, 6.45) is 0. The molecule has 108 valence electrons. The molecule has 0 saturated carbocycles. The zero-order valence-electron chi connectivity index (χ0n) is 11.1. The quantitative estimate of drug-likeness (QED) is 0.244. The number of nitrogens with two attached hydrogens (primary N) is 1. The highest BCUT2D eigenvalue weighted by Gasteiger charge is 2.06. The van der Waals surface area contributed by atoms with Crippen LogP contribution in [0, 0.1) is 3.57 Å². The molecule has 0 unspecified atom stereocenters. The van der Waals surface area contributed by atoms with Crippen LogP contribution in [0.5, 0.6) is 0 Å². The highest BCUT2D eigenvalue weighted by Crippen LogP contribution is 2.08. The first kappa shape index (κ1) is 15.3. The highest BCUT2D eigenvalue weighted by molar-refractivity contribution is 14.1. The van der Waals surface area contributed by atoms with Gasteiger partial charge >= 0.3 is 0 Å². The summed E-state index contributed by atoms with van der Waals surface area (Å²) in [5, 5.41) is 14.5. The number of rotatable bonds is 4. The maximum atomic E-state index is 12.0. The lowest BCUT2D eigenvalue weighted by Gasteiger charge is -2.07. The topological polar surface area (TPSA) is 87.7 Å². The lowest BCUT2D eigenvalue weighted by molar-refractivity contribution is 0.0951. The summed E-state index contributed by atoms with van der Waals surface area (Å²) < 4.78 is 1.08. The molecule has 0 fully saturated rings. The van der Waals surface area contributed by atoms with E-state index in [1.54, 1.807) is 30.3 Å². The number of amides is 1. The minimum Gasteiger partial charge on any atom is -0.409 e. The third kappa shape index (κ3) is 4.19. The van der Waals surface area contributed by atoms with Crippen LogP contribution in [0.1, 0.15) is 21.5 Å². The smallest absolute Gasteiger partial charge is 0.251 e. The third-order valence-electron chi connectivity index (χ3n) is 2.89. The molecule has 5 nitrogen and oxygen atoms in total. The molecule has 0 aromatic heterocycles. The van der Waals surface area contributed by atoms with Crippen molar-refractivity contribution in [1.82, 2.24) is 5.32 Å². The van der Waals surface area contributed by atoms with Gasteiger partial charge in [-0.1, -0.05) is 23.4 Å². The summed E-state index contributed by atoms with van der Waals surface area (Å²) in [6.45, 7) is 0.372. The maximum absolute atomic E-state index is 12.0. The fourth-order valence-electron chi connectivity index (χ4n) is 1.78. The zero-order chi connectivity index (χ0) is 15.2. The van der Waals surface area contributed by atoms with E-state index >= 15 is 0 Å². The summed E-state index contributed by atoms with van der Waals surface area (Å²) >= 11 is 2.19. The standard InChI is InChI=1S/C15H14IN3O2/c16-13-6-4-11(5-7-13)15(20)18-9-10-2-1-3-12(8-10)14(17)19-21/h1-8,21H,9H2,(H2,17,19)(H,18,20). The second-order valence-corrected chi connectivity index (χ2v) is 5.62. The van der Waals surface area contributed by atoms with Gasteiger partial charge in [0.25, 0.3) is 5.91 Å². The van der Waals surface area contributed by atoms with Gasteiger partial charge in [0.15, 0.2) is 5.84 Å². The number of nitrogens with one attached hydrogen (secondary N) is 1. The molecule has 4 N–H and O–H groups in total.